The first kappa shape index (κ1) is 13.3. The number of carbonyl (C=O) groups excluding carboxylic acids is 1. The maximum atomic E-state index is 12.2. The first-order valence-electron chi connectivity index (χ1n) is 6.66. The molecule has 0 spiro atoms. The van der Waals surface area contributed by atoms with E-state index in [1.165, 1.54) is 11.3 Å². The Kier molecular flexibility index (Phi) is 3.13. The second-order valence-corrected chi connectivity index (χ2v) is 6.97. The van der Waals surface area contributed by atoms with Crippen LogP contribution < -0.4 is 4.74 Å². The minimum Gasteiger partial charge on any atom is -0.497 e. The lowest BCUT2D eigenvalue weighted by atomic mass is 9.78. The van der Waals surface area contributed by atoms with Crippen LogP contribution in [0, 0.1) is 5.41 Å². The fourth-order valence-electron chi connectivity index (χ4n) is 2.60. The van der Waals surface area contributed by atoms with Crippen LogP contribution in [0.5, 0.6) is 5.75 Å². The van der Waals surface area contributed by atoms with Gasteiger partial charge >= 0.3 is 0 Å². The first-order chi connectivity index (χ1) is 9.48. The van der Waals surface area contributed by atoms with Crippen molar-refractivity contribution in [3.05, 3.63) is 34.8 Å². The lowest BCUT2D eigenvalue weighted by molar-refractivity contribution is 0.0916. The van der Waals surface area contributed by atoms with Crippen LogP contribution in [0.2, 0.25) is 0 Å². The van der Waals surface area contributed by atoms with Crippen molar-refractivity contribution in [2.45, 2.75) is 26.7 Å². The highest BCUT2D eigenvalue weighted by Crippen LogP contribution is 2.39. The Morgan fingerprint density at radius 2 is 2.10 bits per heavy atom. The Hall–Kier alpha value is -1.68. The van der Waals surface area contributed by atoms with Gasteiger partial charge in [-0.05, 0) is 24.0 Å². The average Bonchev–Trinajstić information content (AvgIpc) is 2.81. The summed E-state index contributed by atoms with van der Waals surface area (Å²) in [4.78, 5) is 17.7. The molecule has 0 radical (unpaired) electrons. The molecule has 0 amide bonds. The minimum atomic E-state index is 0.0177. The number of Topliss-reactive ketones (excluding diaryl/α,β-unsaturated/α-hetero) is 1. The van der Waals surface area contributed by atoms with Gasteiger partial charge in [-0.2, -0.15) is 0 Å². The number of ether oxygens (including phenoxy) is 1. The summed E-state index contributed by atoms with van der Waals surface area (Å²) < 4.78 is 5.24. The summed E-state index contributed by atoms with van der Waals surface area (Å²) in [6, 6.07) is 7.81. The Labute approximate surface area is 122 Å². The Morgan fingerprint density at radius 3 is 2.85 bits per heavy atom. The highest BCUT2D eigenvalue weighted by atomic mass is 32.1. The summed E-state index contributed by atoms with van der Waals surface area (Å²) in [7, 11) is 1.65. The fourth-order valence-corrected chi connectivity index (χ4v) is 3.62. The van der Waals surface area contributed by atoms with Crippen LogP contribution in [0.1, 0.15) is 35.6 Å². The Balaban J connectivity index is 2.03. The number of hydrogen-bond acceptors (Lipinski definition) is 4. The van der Waals surface area contributed by atoms with E-state index in [4.69, 9.17) is 4.74 Å². The molecule has 3 nitrogen and oxygen atoms in total. The quantitative estimate of drug-likeness (QED) is 0.839. The molecule has 3 rings (SSSR count). The SMILES string of the molecule is COc1cccc(-c2nc3c(s2)C(=O)CC(C)(C)C3)c1. The number of carbonyl (C=O) groups is 1. The molecule has 0 N–H and O–H groups in total. The molecule has 0 unspecified atom stereocenters. The third kappa shape index (κ3) is 2.36. The van der Waals surface area contributed by atoms with E-state index >= 15 is 0 Å². The van der Waals surface area contributed by atoms with Crippen LogP contribution in [0.4, 0.5) is 0 Å². The topological polar surface area (TPSA) is 39.2 Å². The number of hydrogen-bond donors (Lipinski definition) is 0. The highest BCUT2D eigenvalue weighted by Gasteiger charge is 2.33. The second kappa shape index (κ2) is 4.70. The van der Waals surface area contributed by atoms with Crippen molar-refractivity contribution in [1.82, 2.24) is 4.98 Å². The summed E-state index contributed by atoms with van der Waals surface area (Å²) in [6.45, 7) is 4.25. The summed E-state index contributed by atoms with van der Waals surface area (Å²) in [6.07, 6.45) is 1.48. The molecule has 0 aliphatic heterocycles. The van der Waals surface area contributed by atoms with Crippen molar-refractivity contribution >= 4 is 17.1 Å². The zero-order valence-corrected chi connectivity index (χ0v) is 12.7. The van der Waals surface area contributed by atoms with Crippen LogP contribution in [-0.4, -0.2) is 17.9 Å². The van der Waals surface area contributed by atoms with Crippen molar-refractivity contribution in [3.63, 3.8) is 0 Å². The summed E-state index contributed by atoms with van der Waals surface area (Å²) >= 11 is 1.50. The molecule has 1 aromatic carbocycles. The largest absolute Gasteiger partial charge is 0.497 e. The summed E-state index contributed by atoms with van der Waals surface area (Å²) in [5.41, 5.74) is 1.98. The van der Waals surface area contributed by atoms with Crippen LogP contribution in [0.3, 0.4) is 0 Å². The molecular formula is C16H17NO2S. The molecule has 20 heavy (non-hydrogen) atoms. The van der Waals surface area contributed by atoms with Crippen LogP contribution in [0.25, 0.3) is 10.6 Å². The lowest BCUT2D eigenvalue weighted by Crippen LogP contribution is -2.25. The van der Waals surface area contributed by atoms with E-state index in [1.807, 2.05) is 24.3 Å². The number of fused-ring (bicyclic) bond motifs is 1. The normalized spacial score (nSPS) is 16.9. The third-order valence-electron chi connectivity index (χ3n) is 3.55. The highest BCUT2D eigenvalue weighted by molar-refractivity contribution is 7.17. The number of methoxy groups -OCH3 is 1. The zero-order chi connectivity index (χ0) is 14.3. The Morgan fingerprint density at radius 1 is 1.30 bits per heavy atom. The molecule has 0 saturated heterocycles. The standard InChI is InChI=1S/C16H17NO2S/c1-16(2)8-12-14(13(18)9-16)20-15(17-12)10-5-4-6-11(7-10)19-3/h4-7H,8-9H2,1-3H3. The van der Waals surface area contributed by atoms with E-state index in [-0.39, 0.29) is 11.2 Å². The summed E-state index contributed by atoms with van der Waals surface area (Å²) in [5, 5.41) is 0.903. The monoisotopic (exact) mass is 287 g/mol. The summed E-state index contributed by atoms with van der Waals surface area (Å²) in [5.74, 6) is 1.03. The third-order valence-corrected chi connectivity index (χ3v) is 4.74. The Bertz CT molecular complexity index is 673. The predicted octanol–water partition coefficient (Wildman–Crippen LogP) is 3.97. The van der Waals surface area contributed by atoms with E-state index in [0.29, 0.717) is 6.42 Å². The minimum absolute atomic E-state index is 0.0177. The molecule has 1 aliphatic rings. The maximum absolute atomic E-state index is 12.2. The van der Waals surface area contributed by atoms with Crippen molar-refractivity contribution < 1.29 is 9.53 Å². The molecule has 0 fully saturated rings. The molecule has 1 aliphatic carbocycles. The van der Waals surface area contributed by atoms with Gasteiger partial charge in [-0.3, -0.25) is 4.79 Å². The molecule has 0 bridgehead atoms. The van der Waals surface area contributed by atoms with E-state index in [0.717, 1.165) is 33.3 Å². The van der Waals surface area contributed by atoms with Gasteiger partial charge in [0.05, 0.1) is 17.7 Å². The smallest absolute Gasteiger partial charge is 0.175 e. The van der Waals surface area contributed by atoms with Gasteiger partial charge in [0.25, 0.3) is 0 Å². The van der Waals surface area contributed by atoms with E-state index in [9.17, 15) is 4.79 Å². The molecule has 1 heterocycles. The first-order valence-corrected chi connectivity index (χ1v) is 7.47. The van der Waals surface area contributed by atoms with Crippen LogP contribution >= 0.6 is 11.3 Å². The zero-order valence-electron chi connectivity index (χ0n) is 11.9. The number of benzene rings is 1. The predicted molar refractivity (Wildman–Crippen MR) is 80.5 cm³/mol. The average molecular weight is 287 g/mol. The maximum Gasteiger partial charge on any atom is 0.175 e. The molecule has 2 aromatic rings. The van der Waals surface area contributed by atoms with Gasteiger partial charge in [0.15, 0.2) is 5.78 Å². The van der Waals surface area contributed by atoms with Gasteiger partial charge in [-0.1, -0.05) is 26.0 Å². The number of rotatable bonds is 2. The van der Waals surface area contributed by atoms with Gasteiger partial charge in [-0.15, -0.1) is 11.3 Å². The van der Waals surface area contributed by atoms with Crippen LogP contribution in [-0.2, 0) is 6.42 Å². The lowest BCUT2D eigenvalue weighted by Gasteiger charge is -2.26. The van der Waals surface area contributed by atoms with Gasteiger partial charge in [-0.25, -0.2) is 4.98 Å². The fraction of sp³-hybridized carbons (Fsp3) is 0.375. The molecular weight excluding hydrogens is 270 g/mol. The molecule has 4 heteroatoms. The second-order valence-electron chi connectivity index (χ2n) is 5.97. The van der Waals surface area contributed by atoms with Crippen LogP contribution in [0.15, 0.2) is 24.3 Å². The van der Waals surface area contributed by atoms with Gasteiger partial charge in [0.1, 0.15) is 10.8 Å². The molecule has 1 aromatic heterocycles. The van der Waals surface area contributed by atoms with Gasteiger partial charge in [0, 0.05) is 12.0 Å². The van der Waals surface area contributed by atoms with Crippen molar-refractivity contribution in [3.8, 4) is 16.3 Å². The van der Waals surface area contributed by atoms with Crippen molar-refractivity contribution in [2.24, 2.45) is 5.41 Å². The van der Waals surface area contributed by atoms with Gasteiger partial charge < -0.3 is 4.74 Å². The molecule has 0 atom stereocenters. The molecule has 104 valence electrons. The van der Waals surface area contributed by atoms with Crippen molar-refractivity contribution in [2.75, 3.05) is 7.11 Å². The number of aromatic nitrogens is 1. The van der Waals surface area contributed by atoms with E-state index < -0.39 is 0 Å². The number of ketones is 1. The molecule has 0 saturated carbocycles. The van der Waals surface area contributed by atoms with E-state index in [1.54, 1.807) is 7.11 Å². The van der Waals surface area contributed by atoms with Gasteiger partial charge in [0.2, 0.25) is 0 Å². The van der Waals surface area contributed by atoms with Crippen molar-refractivity contribution in [1.29, 1.82) is 0 Å². The number of thiazole rings is 1. The number of nitrogens with zero attached hydrogens (tertiary/aromatic N) is 1. The van der Waals surface area contributed by atoms with E-state index in [2.05, 4.69) is 18.8 Å².